The van der Waals surface area contributed by atoms with Gasteiger partial charge in [-0.1, -0.05) is 5.92 Å². The summed E-state index contributed by atoms with van der Waals surface area (Å²) in [5.41, 5.74) is 0.979. The van der Waals surface area contributed by atoms with E-state index >= 15 is 0 Å². The summed E-state index contributed by atoms with van der Waals surface area (Å²) in [6, 6.07) is 1.21. The topological polar surface area (TPSA) is 55.4 Å². The van der Waals surface area contributed by atoms with E-state index in [0.717, 1.165) is 5.56 Å². The van der Waals surface area contributed by atoms with Gasteiger partial charge in [0.05, 0.1) is 6.61 Å². The molecule has 0 saturated heterocycles. The third-order valence-electron chi connectivity index (χ3n) is 2.57. The van der Waals surface area contributed by atoms with E-state index in [4.69, 9.17) is 11.2 Å². The van der Waals surface area contributed by atoms with Crippen molar-refractivity contribution in [2.75, 3.05) is 6.61 Å². The normalized spacial score (nSPS) is 13.1. The number of carbonyl (C=O) groups excluding carboxylic acids is 2. The molecule has 4 nitrogen and oxygen atoms in total. The second-order valence-corrected chi connectivity index (χ2v) is 4.80. The first-order valence-corrected chi connectivity index (χ1v) is 6.94. The van der Waals surface area contributed by atoms with Crippen LogP contribution in [-0.4, -0.2) is 24.5 Å². The summed E-state index contributed by atoms with van der Waals surface area (Å²) in [5.74, 6) is 1.71. The monoisotopic (exact) mass is 279 g/mol. The highest BCUT2D eigenvalue weighted by molar-refractivity contribution is 7.08. The van der Waals surface area contributed by atoms with Crippen molar-refractivity contribution in [3.8, 4) is 12.3 Å². The molecule has 0 spiro atoms. The number of hydrogen-bond acceptors (Lipinski definition) is 4. The largest absolute Gasteiger partial charge is 0.464 e. The van der Waals surface area contributed by atoms with Gasteiger partial charge in [0, 0.05) is 12.8 Å². The lowest BCUT2D eigenvalue weighted by Crippen LogP contribution is -2.41. The molecule has 0 aromatic carbocycles. The Morgan fingerprint density at radius 3 is 2.79 bits per heavy atom. The molecule has 0 aliphatic heterocycles. The van der Waals surface area contributed by atoms with Gasteiger partial charge in [-0.15, -0.1) is 6.42 Å². The summed E-state index contributed by atoms with van der Waals surface area (Å²) < 4.78 is 4.95. The number of hydrogen-bond donors (Lipinski definition) is 1. The zero-order valence-electron chi connectivity index (χ0n) is 11.0. The lowest BCUT2D eigenvalue weighted by molar-refractivity contribution is -0.147. The first-order valence-electron chi connectivity index (χ1n) is 6.00. The molecule has 0 fully saturated rings. The molecule has 102 valence electrons. The Morgan fingerprint density at radius 1 is 1.58 bits per heavy atom. The van der Waals surface area contributed by atoms with Gasteiger partial charge in [0.1, 0.15) is 6.04 Å². The van der Waals surface area contributed by atoms with Gasteiger partial charge in [0.15, 0.2) is 0 Å². The van der Waals surface area contributed by atoms with Gasteiger partial charge < -0.3 is 10.1 Å². The Balaban J connectivity index is 2.78. The molecule has 0 aliphatic carbocycles. The summed E-state index contributed by atoms with van der Waals surface area (Å²) in [4.78, 5) is 22.9. The second kappa shape index (κ2) is 7.59. The molecule has 1 N–H and O–H groups in total. The van der Waals surface area contributed by atoms with Crippen LogP contribution >= 0.6 is 11.3 Å². The second-order valence-electron chi connectivity index (χ2n) is 4.02. The fraction of sp³-hybridized carbons (Fsp3) is 0.429. The minimum Gasteiger partial charge on any atom is -0.464 e. The Kier molecular flexibility index (Phi) is 6.10. The SMILES string of the molecule is C#C[C@@H](C[C@@H](NC(C)=O)C(=O)OCC)c1ccsc1. The van der Waals surface area contributed by atoms with Gasteiger partial charge in [-0.2, -0.15) is 11.3 Å². The highest BCUT2D eigenvalue weighted by Crippen LogP contribution is 2.23. The summed E-state index contributed by atoms with van der Waals surface area (Å²) in [5, 5.41) is 6.46. The zero-order valence-corrected chi connectivity index (χ0v) is 11.8. The predicted molar refractivity (Wildman–Crippen MR) is 74.7 cm³/mol. The van der Waals surface area contributed by atoms with Crippen LogP contribution < -0.4 is 5.32 Å². The average molecular weight is 279 g/mol. The molecule has 0 radical (unpaired) electrons. The molecule has 19 heavy (non-hydrogen) atoms. The Morgan fingerprint density at radius 2 is 2.32 bits per heavy atom. The predicted octanol–water partition coefficient (Wildman–Crippen LogP) is 1.92. The highest BCUT2D eigenvalue weighted by atomic mass is 32.1. The van der Waals surface area contributed by atoms with Crippen molar-refractivity contribution in [1.82, 2.24) is 5.32 Å². The van der Waals surface area contributed by atoms with Crippen LogP contribution in [0.5, 0.6) is 0 Å². The maximum absolute atomic E-state index is 11.8. The van der Waals surface area contributed by atoms with E-state index < -0.39 is 12.0 Å². The molecule has 5 heteroatoms. The first-order chi connectivity index (χ1) is 9.08. The number of rotatable bonds is 6. The van der Waals surface area contributed by atoms with Crippen molar-refractivity contribution in [3.05, 3.63) is 22.4 Å². The fourth-order valence-corrected chi connectivity index (χ4v) is 2.43. The molecule has 1 rings (SSSR count). The molecule has 0 bridgehead atoms. The van der Waals surface area contributed by atoms with Gasteiger partial charge in [-0.3, -0.25) is 4.79 Å². The lowest BCUT2D eigenvalue weighted by Gasteiger charge is -2.19. The molecule has 1 aromatic rings. The molecule has 1 amide bonds. The van der Waals surface area contributed by atoms with Crippen molar-refractivity contribution < 1.29 is 14.3 Å². The summed E-state index contributed by atoms with van der Waals surface area (Å²) in [6.45, 7) is 3.36. The van der Waals surface area contributed by atoms with Crippen LogP contribution in [0.15, 0.2) is 16.8 Å². The standard InChI is InChI=1S/C14H17NO3S/c1-4-11(12-6-7-19-9-12)8-13(15-10(3)16)14(17)18-5-2/h1,6-7,9,11,13H,5,8H2,2-3H3,(H,15,16)/t11-,13+/m0/s1. The summed E-state index contributed by atoms with van der Waals surface area (Å²) in [6.07, 6.45) is 5.85. The third-order valence-corrected chi connectivity index (χ3v) is 3.27. The van der Waals surface area contributed by atoms with Gasteiger partial charge >= 0.3 is 5.97 Å². The molecular formula is C14H17NO3S. The first kappa shape index (κ1) is 15.3. The quantitative estimate of drug-likeness (QED) is 0.639. The number of carbonyl (C=O) groups is 2. The van der Waals surface area contributed by atoms with Crippen LogP contribution in [0.25, 0.3) is 0 Å². The van der Waals surface area contributed by atoms with E-state index in [0.29, 0.717) is 6.42 Å². The molecular weight excluding hydrogens is 262 g/mol. The average Bonchev–Trinajstić information content (AvgIpc) is 2.87. The summed E-state index contributed by atoms with van der Waals surface area (Å²) >= 11 is 1.54. The minimum atomic E-state index is -0.710. The maximum Gasteiger partial charge on any atom is 0.328 e. The number of thiophene rings is 1. The van der Waals surface area contributed by atoms with Crippen molar-refractivity contribution >= 4 is 23.2 Å². The number of nitrogens with one attached hydrogen (secondary N) is 1. The van der Waals surface area contributed by atoms with Crippen molar-refractivity contribution in [1.29, 1.82) is 0 Å². The maximum atomic E-state index is 11.8. The number of esters is 1. The smallest absolute Gasteiger partial charge is 0.328 e. The van der Waals surface area contributed by atoms with Crippen molar-refractivity contribution in [2.45, 2.75) is 32.2 Å². The van der Waals surface area contributed by atoms with Crippen molar-refractivity contribution in [3.63, 3.8) is 0 Å². The van der Waals surface area contributed by atoms with Gasteiger partial charge in [-0.25, -0.2) is 4.79 Å². The molecule has 1 aromatic heterocycles. The minimum absolute atomic E-state index is 0.215. The third kappa shape index (κ3) is 4.76. The number of amides is 1. The molecule has 2 atom stereocenters. The highest BCUT2D eigenvalue weighted by Gasteiger charge is 2.25. The van der Waals surface area contributed by atoms with Crippen LogP contribution in [0.2, 0.25) is 0 Å². The lowest BCUT2D eigenvalue weighted by atomic mass is 9.95. The van der Waals surface area contributed by atoms with Crippen LogP contribution in [0.3, 0.4) is 0 Å². The Bertz CT molecular complexity index is 462. The molecule has 0 aliphatic rings. The van der Waals surface area contributed by atoms with Crippen LogP contribution in [0.4, 0.5) is 0 Å². The Labute approximate surface area is 117 Å². The van der Waals surface area contributed by atoms with E-state index in [1.807, 2.05) is 16.8 Å². The molecule has 0 saturated carbocycles. The van der Waals surface area contributed by atoms with E-state index in [2.05, 4.69) is 11.2 Å². The Hall–Kier alpha value is -1.80. The van der Waals surface area contributed by atoms with Crippen LogP contribution in [0.1, 0.15) is 31.7 Å². The van der Waals surface area contributed by atoms with E-state index in [9.17, 15) is 9.59 Å². The fourth-order valence-electron chi connectivity index (χ4n) is 1.71. The van der Waals surface area contributed by atoms with Crippen molar-refractivity contribution in [2.24, 2.45) is 0 Å². The summed E-state index contributed by atoms with van der Waals surface area (Å²) in [7, 11) is 0. The van der Waals surface area contributed by atoms with Crippen LogP contribution in [-0.2, 0) is 14.3 Å². The van der Waals surface area contributed by atoms with Gasteiger partial charge in [0.25, 0.3) is 0 Å². The molecule has 1 heterocycles. The number of ether oxygens (including phenoxy) is 1. The zero-order chi connectivity index (χ0) is 14.3. The van der Waals surface area contributed by atoms with E-state index in [1.54, 1.807) is 18.3 Å². The van der Waals surface area contributed by atoms with E-state index in [1.165, 1.54) is 6.92 Å². The van der Waals surface area contributed by atoms with E-state index in [-0.39, 0.29) is 18.4 Å². The van der Waals surface area contributed by atoms with Gasteiger partial charge in [0.2, 0.25) is 5.91 Å². The van der Waals surface area contributed by atoms with Crippen LogP contribution in [0, 0.1) is 12.3 Å². The van der Waals surface area contributed by atoms with Gasteiger partial charge in [-0.05, 0) is 35.7 Å². The molecule has 0 unspecified atom stereocenters. The number of terminal acetylenes is 1.